The zero-order chi connectivity index (χ0) is 14.8. The second-order valence-electron chi connectivity index (χ2n) is 5.07. The minimum absolute atomic E-state index is 0.104. The average Bonchev–Trinajstić information content (AvgIpc) is 2.91. The number of aryl methyl sites for hydroxylation is 2. The van der Waals surface area contributed by atoms with E-state index in [2.05, 4.69) is 5.32 Å². The van der Waals surface area contributed by atoms with Crippen molar-refractivity contribution in [1.29, 1.82) is 0 Å². The minimum Gasteiger partial charge on any atom is -0.478 e. The largest absolute Gasteiger partial charge is 0.478 e. The molecule has 0 saturated heterocycles. The predicted octanol–water partition coefficient (Wildman–Crippen LogP) is 3.58. The number of carboxylic acids is 1. The zero-order valence-electron chi connectivity index (χ0n) is 11.4. The molecule has 0 bridgehead atoms. The molecular formula is C16H15NO3S. The maximum absolute atomic E-state index is 12.3. The Labute approximate surface area is 126 Å². The number of aromatic carboxylic acids is 1. The van der Waals surface area contributed by atoms with Crippen molar-refractivity contribution in [3.05, 3.63) is 51.2 Å². The molecule has 0 atom stereocenters. The smallest absolute Gasteiger partial charge is 0.337 e. The molecule has 21 heavy (non-hydrogen) atoms. The summed E-state index contributed by atoms with van der Waals surface area (Å²) in [5.74, 6) is -1.28. The summed E-state index contributed by atoms with van der Waals surface area (Å²) < 4.78 is 0. The first-order chi connectivity index (χ1) is 10.1. The summed E-state index contributed by atoms with van der Waals surface area (Å²) in [5, 5.41) is 11.8. The number of rotatable bonds is 3. The lowest BCUT2D eigenvalue weighted by Gasteiger charge is -2.08. The lowest BCUT2D eigenvalue weighted by Crippen LogP contribution is -2.13. The summed E-state index contributed by atoms with van der Waals surface area (Å²) >= 11 is 1.52. The van der Waals surface area contributed by atoms with Crippen LogP contribution < -0.4 is 5.32 Å². The van der Waals surface area contributed by atoms with Crippen molar-refractivity contribution in [3.8, 4) is 0 Å². The maximum atomic E-state index is 12.3. The molecule has 0 spiro atoms. The Morgan fingerprint density at radius 1 is 1.14 bits per heavy atom. The molecule has 3 rings (SSSR count). The van der Waals surface area contributed by atoms with Gasteiger partial charge in [0.2, 0.25) is 0 Å². The molecule has 1 aromatic heterocycles. The van der Waals surface area contributed by atoms with Gasteiger partial charge in [0.15, 0.2) is 0 Å². The molecule has 2 aromatic rings. The molecule has 108 valence electrons. The molecule has 0 saturated carbocycles. The highest BCUT2D eigenvalue weighted by Crippen LogP contribution is 2.30. The number of thiophene rings is 1. The van der Waals surface area contributed by atoms with Crippen molar-refractivity contribution in [2.24, 2.45) is 0 Å². The zero-order valence-corrected chi connectivity index (χ0v) is 12.2. The second kappa shape index (κ2) is 5.69. The lowest BCUT2D eigenvalue weighted by molar-refractivity contribution is 0.0698. The van der Waals surface area contributed by atoms with E-state index < -0.39 is 5.97 Å². The van der Waals surface area contributed by atoms with Gasteiger partial charge in [-0.25, -0.2) is 4.79 Å². The minimum atomic E-state index is -1.05. The summed E-state index contributed by atoms with van der Waals surface area (Å²) in [7, 11) is 0. The summed E-state index contributed by atoms with van der Waals surface area (Å²) in [4.78, 5) is 25.4. The quantitative estimate of drug-likeness (QED) is 0.910. The third-order valence-corrected chi connectivity index (χ3v) is 4.86. The van der Waals surface area contributed by atoms with Gasteiger partial charge in [-0.1, -0.05) is 12.1 Å². The van der Waals surface area contributed by atoms with Crippen LogP contribution in [0.3, 0.4) is 0 Å². The molecule has 0 unspecified atom stereocenters. The van der Waals surface area contributed by atoms with Crippen LogP contribution in [-0.4, -0.2) is 17.0 Å². The Morgan fingerprint density at radius 2 is 1.90 bits per heavy atom. The first-order valence-corrected chi connectivity index (χ1v) is 7.72. The SMILES string of the molecule is O=C(Nc1ccccc1C(=O)O)c1cc2c(s1)CCCC2. The molecule has 1 heterocycles. The van der Waals surface area contributed by atoms with Gasteiger partial charge in [-0.05, 0) is 49.4 Å². The van der Waals surface area contributed by atoms with E-state index in [1.807, 2.05) is 6.07 Å². The third kappa shape index (κ3) is 2.83. The van der Waals surface area contributed by atoms with E-state index in [-0.39, 0.29) is 11.5 Å². The standard InChI is InChI=1S/C16H15NO3S/c18-15(14-9-10-5-1-4-8-13(10)21-14)17-12-7-3-2-6-11(12)16(19)20/h2-3,6-7,9H,1,4-5,8H2,(H,17,18)(H,19,20). The van der Waals surface area contributed by atoms with Gasteiger partial charge >= 0.3 is 5.97 Å². The van der Waals surface area contributed by atoms with Gasteiger partial charge in [0.05, 0.1) is 16.1 Å². The summed E-state index contributed by atoms with van der Waals surface area (Å²) in [6, 6.07) is 8.38. The molecule has 1 aliphatic rings. The molecule has 0 fully saturated rings. The van der Waals surface area contributed by atoms with Crippen LogP contribution in [0, 0.1) is 0 Å². The Bertz CT molecular complexity index is 682. The van der Waals surface area contributed by atoms with Crippen LogP contribution in [0.15, 0.2) is 30.3 Å². The van der Waals surface area contributed by atoms with Crippen molar-refractivity contribution in [2.75, 3.05) is 5.32 Å². The second-order valence-corrected chi connectivity index (χ2v) is 6.21. The van der Waals surface area contributed by atoms with Crippen LogP contribution >= 0.6 is 11.3 Å². The number of benzene rings is 1. The summed E-state index contributed by atoms with van der Waals surface area (Å²) in [5.41, 5.74) is 1.71. The van der Waals surface area contributed by atoms with E-state index in [1.165, 1.54) is 40.7 Å². The molecule has 1 aliphatic carbocycles. The van der Waals surface area contributed by atoms with Crippen molar-refractivity contribution < 1.29 is 14.7 Å². The number of para-hydroxylation sites is 1. The van der Waals surface area contributed by atoms with Gasteiger partial charge in [0, 0.05) is 4.88 Å². The summed E-state index contributed by atoms with van der Waals surface area (Å²) in [6.07, 6.45) is 4.42. The van der Waals surface area contributed by atoms with E-state index in [4.69, 9.17) is 5.11 Å². The van der Waals surface area contributed by atoms with E-state index in [0.717, 1.165) is 12.8 Å². The van der Waals surface area contributed by atoms with Gasteiger partial charge in [-0.15, -0.1) is 11.3 Å². The highest BCUT2D eigenvalue weighted by atomic mass is 32.1. The number of amides is 1. The third-order valence-electron chi connectivity index (χ3n) is 3.63. The predicted molar refractivity (Wildman–Crippen MR) is 82.3 cm³/mol. The highest BCUT2D eigenvalue weighted by Gasteiger charge is 2.18. The Hall–Kier alpha value is -2.14. The van der Waals surface area contributed by atoms with Gasteiger partial charge in [0.1, 0.15) is 0 Å². The van der Waals surface area contributed by atoms with Crippen molar-refractivity contribution in [2.45, 2.75) is 25.7 Å². The number of hydrogen-bond acceptors (Lipinski definition) is 3. The fourth-order valence-corrected chi connectivity index (χ4v) is 3.71. The van der Waals surface area contributed by atoms with E-state index in [9.17, 15) is 9.59 Å². The molecule has 2 N–H and O–H groups in total. The van der Waals surface area contributed by atoms with Crippen LogP contribution in [0.1, 0.15) is 43.3 Å². The van der Waals surface area contributed by atoms with Crippen molar-refractivity contribution >= 4 is 28.9 Å². The average molecular weight is 301 g/mol. The molecular weight excluding hydrogens is 286 g/mol. The number of hydrogen-bond donors (Lipinski definition) is 2. The van der Waals surface area contributed by atoms with Crippen molar-refractivity contribution in [1.82, 2.24) is 0 Å². The number of nitrogens with one attached hydrogen (secondary N) is 1. The first-order valence-electron chi connectivity index (χ1n) is 6.90. The molecule has 1 aromatic carbocycles. The molecule has 1 amide bonds. The normalized spacial score (nSPS) is 13.5. The monoisotopic (exact) mass is 301 g/mol. The van der Waals surface area contributed by atoms with Gasteiger partial charge in [0.25, 0.3) is 5.91 Å². The highest BCUT2D eigenvalue weighted by molar-refractivity contribution is 7.14. The molecule has 4 nitrogen and oxygen atoms in total. The fourth-order valence-electron chi connectivity index (χ4n) is 2.57. The number of fused-ring (bicyclic) bond motifs is 1. The van der Waals surface area contributed by atoms with Crippen LogP contribution in [0.5, 0.6) is 0 Å². The number of carbonyl (C=O) groups is 2. The van der Waals surface area contributed by atoms with Crippen LogP contribution in [0.2, 0.25) is 0 Å². The van der Waals surface area contributed by atoms with Crippen molar-refractivity contribution in [3.63, 3.8) is 0 Å². The number of anilines is 1. The van der Waals surface area contributed by atoms with Gasteiger partial charge < -0.3 is 10.4 Å². The van der Waals surface area contributed by atoms with E-state index >= 15 is 0 Å². The maximum Gasteiger partial charge on any atom is 0.337 e. The fraction of sp³-hybridized carbons (Fsp3) is 0.250. The van der Waals surface area contributed by atoms with E-state index in [0.29, 0.717) is 10.6 Å². The number of carboxylic acid groups (broad SMARTS) is 1. The molecule has 0 radical (unpaired) electrons. The van der Waals surface area contributed by atoms with Gasteiger partial charge in [-0.2, -0.15) is 0 Å². The lowest BCUT2D eigenvalue weighted by atomic mass is 9.99. The van der Waals surface area contributed by atoms with E-state index in [1.54, 1.807) is 18.2 Å². The topological polar surface area (TPSA) is 66.4 Å². The van der Waals surface area contributed by atoms with Crippen LogP contribution in [0.4, 0.5) is 5.69 Å². The molecule has 5 heteroatoms. The Kier molecular flexibility index (Phi) is 3.75. The molecule has 0 aliphatic heterocycles. The Morgan fingerprint density at radius 3 is 2.67 bits per heavy atom. The van der Waals surface area contributed by atoms with Crippen LogP contribution in [0.25, 0.3) is 0 Å². The van der Waals surface area contributed by atoms with Crippen LogP contribution in [-0.2, 0) is 12.8 Å². The Balaban J connectivity index is 1.83. The summed E-state index contributed by atoms with van der Waals surface area (Å²) in [6.45, 7) is 0. The first kappa shape index (κ1) is 13.8. The van der Waals surface area contributed by atoms with Gasteiger partial charge in [-0.3, -0.25) is 4.79 Å². The number of carbonyl (C=O) groups excluding carboxylic acids is 1.